The van der Waals surface area contributed by atoms with Crippen molar-refractivity contribution in [3.63, 3.8) is 0 Å². The SMILES string of the molecule is CCCn1ncc(NCCC(C)C)c(Br)c1=O. The summed E-state index contributed by atoms with van der Waals surface area (Å²) < 4.78 is 2.06. The van der Waals surface area contributed by atoms with Crippen molar-refractivity contribution >= 4 is 21.6 Å². The Hall–Kier alpha value is -0.840. The number of aromatic nitrogens is 2. The first-order chi connectivity index (χ1) is 8.06. The van der Waals surface area contributed by atoms with E-state index in [0.29, 0.717) is 16.9 Å². The van der Waals surface area contributed by atoms with Crippen molar-refractivity contribution in [2.75, 3.05) is 11.9 Å². The third kappa shape index (κ3) is 4.15. The lowest BCUT2D eigenvalue weighted by Crippen LogP contribution is -2.24. The fourth-order valence-corrected chi connectivity index (χ4v) is 1.90. The minimum Gasteiger partial charge on any atom is -0.383 e. The number of anilines is 1. The van der Waals surface area contributed by atoms with Crippen LogP contribution in [0.15, 0.2) is 15.5 Å². The summed E-state index contributed by atoms with van der Waals surface area (Å²) in [6.45, 7) is 7.89. The molecule has 5 heteroatoms. The molecule has 1 aromatic heterocycles. The van der Waals surface area contributed by atoms with Crippen LogP contribution in [0.2, 0.25) is 0 Å². The minimum absolute atomic E-state index is 0.0682. The average molecular weight is 302 g/mol. The highest BCUT2D eigenvalue weighted by Gasteiger charge is 2.07. The summed E-state index contributed by atoms with van der Waals surface area (Å²) in [6.07, 6.45) is 3.69. The van der Waals surface area contributed by atoms with E-state index in [-0.39, 0.29) is 5.56 Å². The predicted octanol–water partition coefficient (Wildman–Crippen LogP) is 2.87. The molecule has 0 aliphatic carbocycles. The van der Waals surface area contributed by atoms with Crippen molar-refractivity contribution in [3.8, 4) is 0 Å². The quantitative estimate of drug-likeness (QED) is 0.879. The number of halogens is 1. The molecule has 17 heavy (non-hydrogen) atoms. The van der Waals surface area contributed by atoms with E-state index in [1.54, 1.807) is 6.20 Å². The highest BCUT2D eigenvalue weighted by atomic mass is 79.9. The summed E-state index contributed by atoms with van der Waals surface area (Å²) in [5.74, 6) is 0.648. The highest BCUT2D eigenvalue weighted by Crippen LogP contribution is 2.16. The molecule has 1 heterocycles. The molecule has 0 bridgehead atoms. The van der Waals surface area contributed by atoms with Gasteiger partial charge in [-0.1, -0.05) is 20.8 Å². The summed E-state index contributed by atoms with van der Waals surface area (Å²) in [5.41, 5.74) is 0.712. The Bertz CT molecular complexity index is 415. The van der Waals surface area contributed by atoms with E-state index in [2.05, 4.69) is 40.2 Å². The van der Waals surface area contributed by atoms with E-state index in [1.165, 1.54) is 4.68 Å². The summed E-state index contributed by atoms with van der Waals surface area (Å²) in [6, 6.07) is 0. The van der Waals surface area contributed by atoms with Crippen LogP contribution in [0.5, 0.6) is 0 Å². The molecule has 96 valence electrons. The van der Waals surface area contributed by atoms with Gasteiger partial charge in [-0.15, -0.1) is 0 Å². The van der Waals surface area contributed by atoms with E-state index in [9.17, 15) is 4.79 Å². The van der Waals surface area contributed by atoms with Gasteiger partial charge in [0.1, 0.15) is 4.47 Å². The van der Waals surface area contributed by atoms with Crippen molar-refractivity contribution in [1.82, 2.24) is 9.78 Å². The average Bonchev–Trinajstić information content (AvgIpc) is 2.28. The molecule has 0 aliphatic heterocycles. The molecular weight excluding hydrogens is 282 g/mol. The number of nitrogens with zero attached hydrogens (tertiary/aromatic N) is 2. The molecule has 0 fully saturated rings. The van der Waals surface area contributed by atoms with Crippen LogP contribution in [0.25, 0.3) is 0 Å². The van der Waals surface area contributed by atoms with E-state index in [0.717, 1.165) is 25.1 Å². The summed E-state index contributed by atoms with van der Waals surface area (Å²) in [5, 5.41) is 7.37. The number of rotatable bonds is 6. The number of hydrogen-bond acceptors (Lipinski definition) is 3. The van der Waals surface area contributed by atoms with Gasteiger partial charge in [-0.05, 0) is 34.7 Å². The molecule has 0 aromatic carbocycles. The lowest BCUT2D eigenvalue weighted by atomic mass is 10.1. The molecule has 1 aromatic rings. The molecule has 0 saturated carbocycles. The topological polar surface area (TPSA) is 46.9 Å². The third-order valence-electron chi connectivity index (χ3n) is 2.46. The number of hydrogen-bond donors (Lipinski definition) is 1. The Balaban J connectivity index is 2.75. The smallest absolute Gasteiger partial charge is 0.283 e. The second-order valence-corrected chi connectivity index (χ2v) is 5.30. The molecule has 0 amide bonds. The van der Waals surface area contributed by atoms with E-state index < -0.39 is 0 Å². The molecule has 0 saturated heterocycles. The summed E-state index contributed by atoms with van der Waals surface area (Å²) >= 11 is 3.33. The van der Waals surface area contributed by atoms with Gasteiger partial charge >= 0.3 is 0 Å². The Morgan fingerprint density at radius 1 is 1.53 bits per heavy atom. The first-order valence-electron chi connectivity index (χ1n) is 6.05. The van der Waals surface area contributed by atoms with Crippen LogP contribution in [0.1, 0.15) is 33.6 Å². The second-order valence-electron chi connectivity index (χ2n) is 4.51. The zero-order valence-electron chi connectivity index (χ0n) is 10.7. The van der Waals surface area contributed by atoms with E-state index in [4.69, 9.17) is 0 Å². The van der Waals surface area contributed by atoms with Gasteiger partial charge in [-0.25, -0.2) is 4.68 Å². The standard InChI is InChI=1S/C12H20BrN3O/c1-4-7-16-12(17)11(13)10(8-15-16)14-6-5-9(2)3/h8-9,14H,4-7H2,1-3H3. The number of nitrogens with one attached hydrogen (secondary N) is 1. The van der Waals surface area contributed by atoms with Crippen LogP contribution >= 0.6 is 15.9 Å². The predicted molar refractivity (Wildman–Crippen MR) is 74.4 cm³/mol. The molecule has 4 nitrogen and oxygen atoms in total. The van der Waals surface area contributed by atoms with Crippen molar-refractivity contribution in [3.05, 3.63) is 21.0 Å². The van der Waals surface area contributed by atoms with E-state index in [1.807, 2.05) is 6.92 Å². The zero-order valence-corrected chi connectivity index (χ0v) is 12.2. The number of aryl methyl sites for hydroxylation is 1. The first-order valence-corrected chi connectivity index (χ1v) is 6.85. The van der Waals surface area contributed by atoms with E-state index >= 15 is 0 Å². The Labute approximate surface area is 111 Å². The van der Waals surface area contributed by atoms with Crippen LogP contribution in [0.3, 0.4) is 0 Å². The Morgan fingerprint density at radius 3 is 2.82 bits per heavy atom. The second kappa shape index (κ2) is 6.79. The summed E-state index contributed by atoms with van der Waals surface area (Å²) in [7, 11) is 0. The van der Waals surface area contributed by atoms with Crippen LogP contribution in [0.4, 0.5) is 5.69 Å². The molecule has 0 unspecified atom stereocenters. The monoisotopic (exact) mass is 301 g/mol. The van der Waals surface area contributed by atoms with Crippen LogP contribution in [0, 0.1) is 5.92 Å². The van der Waals surface area contributed by atoms with Gasteiger partial charge in [0, 0.05) is 13.1 Å². The van der Waals surface area contributed by atoms with Gasteiger partial charge in [0.25, 0.3) is 5.56 Å². The van der Waals surface area contributed by atoms with Crippen LogP contribution < -0.4 is 10.9 Å². The van der Waals surface area contributed by atoms with Gasteiger partial charge in [-0.3, -0.25) is 4.79 Å². The zero-order chi connectivity index (χ0) is 12.8. The minimum atomic E-state index is -0.0682. The molecule has 0 aliphatic rings. The maximum Gasteiger partial charge on any atom is 0.283 e. The van der Waals surface area contributed by atoms with Gasteiger partial charge in [0.05, 0.1) is 11.9 Å². The lowest BCUT2D eigenvalue weighted by molar-refractivity contribution is 0.565. The normalized spacial score (nSPS) is 10.9. The summed E-state index contributed by atoms with van der Waals surface area (Å²) in [4.78, 5) is 11.9. The van der Waals surface area contributed by atoms with Gasteiger partial charge in [-0.2, -0.15) is 5.10 Å². The van der Waals surface area contributed by atoms with Crippen LogP contribution in [-0.2, 0) is 6.54 Å². The maximum absolute atomic E-state index is 11.9. The maximum atomic E-state index is 11.9. The molecule has 0 radical (unpaired) electrons. The lowest BCUT2D eigenvalue weighted by Gasteiger charge is -2.11. The van der Waals surface area contributed by atoms with Crippen molar-refractivity contribution < 1.29 is 0 Å². The highest BCUT2D eigenvalue weighted by molar-refractivity contribution is 9.10. The fraction of sp³-hybridized carbons (Fsp3) is 0.667. The molecule has 1 rings (SSSR count). The van der Waals surface area contributed by atoms with Crippen molar-refractivity contribution in [2.45, 2.75) is 40.2 Å². The first kappa shape index (κ1) is 14.2. The Kier molecular flexibility index (Phi) is 5.68. The third-order valence-corrected chi connectivity index (χ3v) is 3.22. The van der Waals surface area contributed by atoms with Gasteiger partial charge < -0.3 is 5.32 Å². The van der Waals surface area contributed by atoms with Crippen molar-refractivity contribution in [1.29, 1.82) is 0 Å². The van der Waals surface area contributed by atoms with Crippen molar-refractivity contribution in [2.24, 2.45) is 5.92 Å². The largest absolute Gasteiger partial charge is 0.383 e. The fourth-order valence-electron chi connectivity index (χ4n) is 1.45. The molecule has 0 atom stereocenters. The Morgan fingerprint density at radius 2 is 2.24 bits per heavy atom. The van der Waals surface area contributed by atoms with Gasteiger partial charge in [0.2, 0.25) is 0 Å². The van der Waals surface area contributed by atoms with Gasteiger partial charge in [0.15, 0.2) is 0 Å². The molecular formula is C12H20BrN3O. The van der Waals surface area contributed by atoms with Crippen LogP contribution in [-0.4, -0.2) is 16.3 Å². The molecule has 0 spiro atoms. The molecule has 1 N–H and O–H groups in total.